The maximum absolute atomic E-state index is 12.2. The van der Waals surface area contributed by atoms with Crippen LogP contribution in [-0.2, 0) is 6.42 Å². The van der Waals surface area contributed by atoms with Crippen LogP contribution in [0, 0.1) is 0 Å². The zero-order valence-electron chi connectivity index (χ0n) is 11.1. The molecule has 3 N–H and O–H groups in total. The first-order valence-corrected chi connectivity index (χ1v) is 6.42. The molecule has 2 aromatic heterocycles. The number of anilines is 1. The van der Waals surface area contributed by atoms with Crippen LogP contribution in [0.5, 0.6) is 0 Å². The summed E-state index contributed by atoms with van der Waals surface area (Å²) in [6.07, 6.45) is 3.25. The Morgan fingerprint density at radius 1 is 1.24 bits per heavy atom. The van der Waals surface area contributed by atoms with E-state index in [-0.39, 0.29) is 5.91 Å². The van der Waals surface area contributed by atoms with Crippen LogP contribution in [0.3, 0.4) is 0 Å². The van der Waals surface area contributed by atoms with Gasteiger partial charge in [0.05, 0.1) is 5.56 Å². The van der Waals surface area contributed by atoms with E-state index in [4.69, 9.17) is 5.73 Å². The third kappa shape index (κ3) is 2.66. The first kappa shape index (κ1) is 13.0. The summed E-state index contributed by atoms with van der Waals surface area (Å²) in [5.41, 5.74) is 6.31. The summed E-state index contributed by atoms with van der Waals surface area (Å²) < 4.78 is 4.63. The molecular weight excluding hydrogens is 270 g/mol. The van der Waals surface area contributed by atoms with Crippen molar-refractivity contribution in [3.05, 3.63) is 48.2 Å². The second kappa shape index (κ2) is 5.58. The molecule has 0 spiro atoms. The molecule has 7 nitrogen and oxygen atoms in total. The second-order valence-electron chi connectivity index (χ2n) is 4.46. The van der Waals surface area contributed by atoms with Crippen molar-refractivity contribution in [3.8, 4) is 0 Å². The van der Waals surface area contributed by atoms with Gasteiger partial charge in [-0.2, -0.15) is 4.98 Å². The van der Waals surface area contributed by atoms with Gasteiger partial charge in [-0.05, 0) is 5.39 Å². The van der Waals surface area contributed by atoms with Crippen LogP contribution in [0.15, 0.2) is 41.4 Å². The molecule has 0 saturated carbocycles. The Morgan fingerprint density at radius 2 is 2.05 bits per heavy atom. The van der Waals surface area contributed by atoms with Crippen molar-refractivity contribution in [1.29, 1.82) is 0 Å². The van der Waals surface area contributed by atoms with Crippen molar-refractivity contribution < 1.29 is 9.32 Å². The lowest BCUT2D eigenvalue weighted by atomic mass is 10.1. The van der Waals surface area contributed by atoms with Crippen molar-refractivity contribution in [3.63, 3.8) is 0 Å². The first-order chi connectivity index (χ1) is 10.3. The van der Waals surface area contributed by atoms with Gasteiger partial charge in [-0.3, -0.25) is 4.79 Å². The average molecular weight is 283 g/mol. The maximum atomic E-state index is 12.2. The Labute approximate surface area is 120 Å². The minimum atomic E-state index is -0.206. The number of nitrogens with two attached hydrogens (primary N) is 1. The number of nitrogens with zero attached hydrogens (tertiary/aromatic N) is 3. The van der Waals surface area contributed by atoms with E-state index in [1.54, 1.807) is 0 Å². The van der Waals surface area contributed by atoms with Gasteiger partial charge < -0.3 is 15.6 Å². The Balaban J connectivity index is 1.77. The number of aromatic nitrogens is 3. The number of hydrogen-bond acceptors (Lipinski definition) is 6. The third-order valence-corrected chi connectivity index (χ3v) is 3.11. The largest absolute Gasteiger partial charge is 0.383 e. The lowest BCUT2D eigenvalue weighted by Gasteiger charge is -2.08. The summed E-state index contributed by atoms with van der Waals surface area (Å²) in [5, 5.41) is 8.04. The van der Waals surface area contributed by atoms with Gasteiger partial charge in [0.2, 0.25) is 6.39 Å². The summed E-state index contributed by atoms with van der Waals surface area (Å²) in [7, 11) is 0. The molecule has 1 aromatic carbocycles. The molecule has 0 saturated heterocycles. The molecule has 0 radical (unpaired) electrons. The lowest BCUT2D eigenvalue weighted by Crippen LogP contribution is -2.26. The number of carbonyl (C=O) groups is 1. The number of carbonyl (C=O) groups excluding carboxylic acids is 1. The van der Waals surface area contributed by atoms with Gasteiger partial charge in [0.25, 0.3) is 5.91 Å². The minimum absolute atomic E-state index is 0.206. The molecule has 2 heterocycles. The van der Waals surface area contributed by atoms with Gasteiger partial charge in [0.1, 0.15) is 5.82 Å². The molecule has 106 valence electrons. The first-order valence-electron chi connectivity index (χ1n) is 6.42. The fourth-order valence-electron chi connectivity index (χ4n) is 2.08. The zero-order valence-corrected chi connectivity index (χ0v) is 11.1. The van der Waals surface area contributed by atoms with Gasteiger partial charge in [0.15, 0.2) is 5.82 Å². The van der Waals surface area contributed by atoms with E-state index in [2.05, 4.69) is 25.0 Å². The van der Waals surface area contributed by atoms with Gasteiger partial charge in [-0.1, -0.05) is 29.4 Å². The summed E-state index contributed by atoms with van der Waals surface area (Å²) in [6.45, 7) is 0.414. The van der Waals surface area contributed by atoms with E-state index in [1.807, 2.05) is 24.3 Å². The van der Waals surface area contributed by atoms with E-state index in [1.165, 1.54) is 12.6 Å². The van der Waals surface area contributed by atoms with Gasteiger partial charge in [-0.25, -0.2) is 4.98 Å². The van der Waals surface area contributed by atoms with Crippen LogP contribution in [0.25, 0.3) is 10.8 Å². The Bertz CT molecular complexity index is 770. The van der Waals surface area contributed by atoms with Crippen LogP contribution in [0.1, 0.15) is 16.2 Å². The summed E-state index contributed by atoms with van der Waals surface area (Å²) in [6, 6.07) is 7.41. The number of fused-ring (bicyclic) bond motifs is 1. The van der Waals surface area contributed by atoms with Gasteiger partial charge in [0, 0.05) is 24.5 Å². The number of benzene rings is 1. The van der Waals surface area contributed by atoms with Crippen LogP contribution < -0.4 is 11.1 Å². The molecule has 0 unspecified atom stereocenters. The Kier molecular flexibility index (Phi) is 3.46. The minimum Gasteiger partial charge on any atom is -0.383 e. The molecule has 0 aliphatic carbocycles. The molecule has 0 aliphatic rings. The standard InChI is InChI=1S/C14H13N5O2/c15-13-10-4-2-1-3-9(10)11(7-17-13)14(20)16-6-5-12-18-8-21-19-12/h1-4,7-8H,5-6H2,(H2,15,17)(H,16,20). The molecule has 0 fully saturated rings. The van der Waals surface area contributed by atoms with Crippen LogP contribution >= 0.6 is 0 Å². The summed E-state index contributed by atoms with van der Waals surface area (Å²) in [4.78, 5) is 20.2. The Morgan fingerprint density at radius 3 is 2.81 bits per heavy atom. The number of hydrogen-bond donors (Lipinski definition) is 2. The SMILES string of the molecule is Nc1ncc(C(=O)NCCc2ncon2)c2ccccc12. The zero-order chi connectivity index (χ0) is 14.7. The molecule has 0 atom stereocenters. The van der Waals surface area contributed by atoms with E-state index in [0.717, 1.165) is 10.8 Å². The molecule has 1 amide bonds. The maximum Gasteiger partial charge on any atom is 0.253 e. The van der Waals surface area contributed by atoms with Crippen molar-refractivity contribution in [2.24, 2.45) is 0 Å². The number of nitrogens with one attached hydrogen (secondary N) is 1. The van der Waals surface area contributed by atoms with Crippen molar-refractivity contribution in [2.75, 3.05) is 12.3 Å². The van der Waals surface area contributed by atoms with Crippen LogP contribution in [-0.4, -0.2) is 27.6 Å². The fraction of sp³-hybridized carbons (Fsp3) is 0.143. The Hall–Kier alpha value is -2.96. The average Bonchev–Trinajstić information content (AvgIpc) is 3.01. The molecule has 7 heteroatoms. The molecule has 0 aliphatic heterocycles. The molecular formula is C14H13N5O2. The highest BCUT2D eigenvalue weighted by Gasteiger charge is 2.12. The molecule has 3 rings (SSSR count). The topological polar surface area (TPSA) is 107 Å². The number of rotatable bonds is 4. The van der Waals surface area contributed by atoms with Crippen molar-refractivity contribution >= 4 is 22.5 Å². The second-order valence-corrected chi connectivity index (χ2v) is 4.46. The van der Waals surface area contributed by atoms with Crippen LogP contribution in [0.4, 0.5) is 5.82 Å². The molecule has 3 aromatic rings. The highest BCUT2D eigenvalue weighted by Crippen LogP contribution is 2.22. The van der Waals surface area contributed by atoms with E-state index in [9.17, 15) is 4.79 Å². The normalized spacial score (nSPS) is 10.7. The quantitative estimate of drug-likeness (QED) is 0.744. The highest BCUT2D eigenvalue weighted by molar-refractivity contribution is 6.08. The molecule has 0 bridgehead atoms. The van der Waals surface area contributed by atoms with E-state index >= 15 is 0 Å². The summed E-state index contributed by atoms with van der Waals surface area (Å²) in [5.74, 6) is 0.756. The van der Waals surface area contributed by atoms with Crippen molar-refractivity contribution in [1.82, 2.24) is 20.4 Å². The van der Waals surface area contributed by atoms with Crippen molar-refractivity contribution in [2.45, 2.75) is 6.42 Å². The molecule has 21 heavy (non-hydrogen) atoms. The predicted molar refractivity (Wildman–Crippen MR) is 76.5 cm³/mol. The third-order valence-electron chi connectivity index (χ3n) is 3.11. The number of pyridine rings is 1. The number of amides is 1. The van der Waals surface area contributed by atoms with Crippen LogP contribution in [0.2, 0.25) is 0 Å². The fourth-order valence-corrected chi connectivity index (χ4v) is 2.08. The lowest BCUT2D eigenvalue weighted by molar-refractivity contribution is 0.0955. The highest BCUT2D eigenvalue weighted by atomic mass is 16.5. The van der Waals surface area contributed by atoms with Gasteiger partial charge >= 0.3 is 0 Å². The summed E-state index contributed by atoms with van der Waals surface area (Å²) >= 11 is 0. The smallest absolute Gasteiger partial charge is 0.253 e. The van der Waals surface area contributed by atoms with Gasteiger partial charge in [-0.15, -0.1) is 0 Å². The van der Waals surface area contributed by atoms with E-state index in [0.29, 0.717) is 30.2 Å². The predicted octanol–water partition coefficient (Wildman–Crippen LogP) is 1.17. The van der Waals surface area contributed by atoms with E-state index < -0.39 is 0 Å². The monoisotopic (exact) mass is 283 g/mol. The number of nitrogen functional groups attached to an aromatic ring is 1.